The fourth-order valence-corrected chi connectivity index (χ4v) is 4.25. The van der Waals surface area contributed by atoms with E-state index in [1.807, 2.05) is 4.90 Å². The zero-order chi connectivity index (χ0) is 18.7. The van der Waals surface area contributed by atoms with Crippen LogP contribution in [0.2, 0.25) is 5.02 Å². The molecule has 1 aromatic carbocycles. The van der Waals surface area contributed by atoms with Gasteiger partial charge in [-0.1, -0.05) is 24.9 Å². The van der Waals surface area contributed by atoms with Gasteiger partial charge in [0, 0.05) is 24.7 Å². The average molecular weight is 379 g/mol. The summed E-state index contributed by atoms with van der Waals surface area (Å²) in [5.74, 6) is 0.979. The van der Waals surface area contributed by atoms with E-state index in [0.717, 1.165) is 38.8 Å². The number of carbonyl (C=O) groups is 2. The summed E-state index contributed by atoms with van der Waals surface area (Å²) < 4.78 is 5.32. The van der Waals surface area contributed by atoms with Crippen LogP contribution < -0.4 is 4.74 Å². The first-order chi connectivity index (χ1) is 12.5. The number of hydrogen-bond donors (Lipinski definition) is 0. The molecule has 0 aliphatic carbocycles. The highest BCUT2D eigenvalue weighted by Crippen LogP contribution is 2.29. The second kappa shape index (κ2) is 8.30. The number of rotatable bonds is 4. The van der Waals surface area contributed by atoms with Crippen LogP contribution in [0.4, 0.5) is 0 Å². The smallest absolute Gasteiger partial charge is 0.258 e. The van der Waals surface area contributed by atoms with Crippen molar-refractivity contribution in [3.05, 3.63) is 28.8 Å². The third-order valence-electron chi connectivity index (χ3n) is 5.60. The summed E-state index contributed by atoms with van der Waals surface area (Å²) in [5, 5.41) is 0.484. The van der Waals surface area contributed by atoms with Crippen molar-refractivity contribution in [2.75, 3.05) is 26.7 Å². The molecule has 0 bridgehead atoms. The standard InChI is InChI=1S/C20H27ClN2O3/c1-3-14-6-4-10-22(13-14)20(25)17-7-5-11-23(17)19(24)16-12-15(21)8-9-18(16)26-2/h8-9,12,14,17H,3-7,10-11,13H2,1-2H3/t14-,17-/m1/s1. The Hall–Kier alpha value is -1.75. The molecule has 2 amide bonds. The van der Waals surface area contributed by atoms with Crippen molar-refractivity contribution in [1.82, 2.24) is 9.80 Å². The Morgan fingerprint density at radius 1 is 1.23 bits per heavy atom. The van der Waals surface area contributed by atoms with Crippen LogP contribution in [-0.4, -0.2) is 54.4 Å². The number of halogens is 1. The molecule has 0 N–H and O–H groups in total. The van der Waals surface area contributed by atoms with Crippen LogP contribution in [0.1, 0.15) is 49.4 Å². The summed E-state index contributed by atoms with van der Waals surface area (Å²) >= 11 is 6.08. The van der Waals surface area contributed by atoms with Gasteiger partial charge in [0.25, 0.3) is 5.91 Å². The summed E-state index contributed by atoms with van der Waals surface area (Å²) in [4.78, 5) is 29.9. The van der Waals surface area contributed by atoms with Crippen molar-refractivity contribution in [3.63, 3.8) is 0 Å². The number of carbonyl (C=O) groups excluding carboxylic acids is 2. The van der Waals surface area contributed by atoms with E-state index in [0.29, 0.717) is 28.8 Å². The molecule has 1 aromatic rings. The summed E-state index contributed by atoms with van der Waals surface area (Å²) in [5.41, 5.74) is 0.421. The van der Waals surface area contributed by atoms with Gasteiger partial charge in [-0.15, -0.1) is 0 Å². The third-order valence-corrected chi connectivity index (χ3v) is 5.83. The lowest BCUT2D eigenvalue weighted by Crippen LogP contribution is -2.50. The number of piperidine rings is 1. The summed E-state index contributed by atoms with van der Waals surface area (Å²) in [6.07, 6.45) is 4.90. The van der Waals surface area contributed by atoms with Gasteiger partial charge in [-0.05, 0) is 49.8 Å². The zero-order valence-electron chi connectivity index (χ0n) is 15.5. The molecular weight excluding hydrogens is 352 g/mol. The number of hydrogen-bond acceptors (Lipinski definition) is 3. The summed E-state index contributed by atoms with van der Waals surface area (Å²) in [7, 11) is 1.53. The molecule has 0 unspecified atom stereocenters. The van der Waals surface area contributed by atoms with E-state index < -0.39 is 0 Å². The third kappa shape index (κ3) is 3.83. The minimum atomic E-state index is -0.373. The molecule has 2 heterocycles. The maximum absolute atomic E-state index is 13.1. The van der Waals surface area contributed by atoms with Crippen LogP contribution in [0.15, 0.2) is 18.2 Å². The van der Waals surface area contributed by atoms with Crippen molar-refractivity contribution in [3.8, 4) is 5.75 Å². The number of nitrogens with zero attached hydrogens (tertiary/aromatic N) is 2. The Labute approximate surface area is 160 Å². The largest absolute Gasteiger partial charge is 0.496 e. The second-order valence-electron chi connectivity index (χ2n) is 7.20. The first-order valence-electron chi connectivity index (χ1n) is 9.48. The van der Waals surface area contributed by atoms with Crippen LogP contribution in [0.3, 0.4) is 0 Å². The highest BCUT2D eigenvalue weighted by atomic mass is 35.5. The lowest BCUT2D eigenvalue weighted by atomic mass is 9.95. The van der Waals surface area contributed by atoms with Crippen molar-refractivity contribution < 1.29 is 14.3 Å². The summed E-state index contributed by atoms with van der Waals surface area (Å²) in [6, 6.07) is 4.64. The molecule has 26 heavy (non-hydrogen) atoms. The van der Waals surface area contributed by atoms with Gasteiger partial charge in [-0.3, -0.25) is 9.59 Å². The Morgan fingerprint density at radius 2 is 2.00 bits per heavy atom. The lowest BCUT2D eigenvalue weighted by Gasteiger charge is -2.36. The molecule has 2 aliphatic rings. The Balaban J connectivity index is 1.78. The molecule has 2 atom stereocenters. The van der Waals surface area contributed by atoms with Crippen LogP contribution in [-0.2, 0) is 4.79 Å². The number of ether oxygens (including phenoxy) is 1. The van der Waals surface area contributed by atoms with Crippen molar-refractivity contribution in [2.24, 2.45) is 5.92 Å². The number of methoxy groups -OCH3 is 1. The van der Waals surface area contributed by atoms with E-state index in [1.54, 1.807) is 23.1 Å². The Kier molecular flexibility index (Phi) is 6.07. The highest BCUT2D eigenvalue weighted by molar-refractivity contribution is 6.31. The van der Waals surface area contributed by atoms with Gasteiger partial charge in [0.1, 0.15) is 11.8 Å². The van der Waals surface area contributed by atoms with Crippen LogP contribution in [0, 0.1) is 5.92 Å². The van der Waals surface area contributed by atoms with Gasteiger partial charge in [0.05, 0.1) is 12.7 Å². The number of benzene rings is 1. The highest BCUT2D eigenvalue weighted by Gasteiger charge is 2.38. The minimum absolute atomic E-state index is 0.0926. The monoisotopic (exact) mass is 378 g/mol. The summed E-state index contributed by atoms with van der Waals surface area (Å²) in [6.45, 7) is 4.38. The molecule has 0 spiro atoms. The topological polar surface area (TPSA) is 49.9 Å². The maximum atomic E-state index is 13.1. The van der Waals surface area contributed by atoms with Crippen LogP contribution in [0.25, 0.3) is 0 Å². The predicted molar refractivity (Wildman–Crippen MR) is 102 cm³/mol. The lowest BCUT2D eigenvalue weighted by molar-refractivity contribution is -0.137. The normalized spacial score (nSPS) is 23.2. The van der Waals surface area contributed by atoms with E-state index in [1.165, 1.54) is 13.5 Å². The van der Waals surface area contributed by atoms with Gasteiger partial charge < -0.3 is 14.5 Å². The van der Waals surface area contributed by atoms with Gasteiger partial charge in [0.15, 0.2) is 0 Å². The molecule has 6 heteroatoms. The fraction of sp³-hybridized carbons (Fsp3) is 0.600. The first kappa shape index (κ1) is 19.0. The molecule has 0 saturated carbocycles. The fourth-order valence-electron chi connectivity index (χ4n) is 4.08. The van der Waals surface area contributed by atoms with Gasteiger partial charge in [0.2, 0.25) is 5.91 Å². The quantitative estimate of drug-likeness (QED) is 0.804. The minimum Gasteiger partial charge on any atom is -0.496 e. The molecule has 0 aromatic heterocycles. The number of amides is 2. The van der Waals surface area contributed by atoms with Gasteiger partial charge >= 0.3 is 0 Å². The molecule has 5 nitrogen and oxygen atoms in total. The van der Waals surface area contributed by atoms with Gasteiger partial charge in [-0.25, -0.2) is 0 Å². The van der Waals surface area contributed by atoms with Crippen molar-refractivity contribution in [2.45, 2.75) is 45.1 Å². The van der Waals surface area contributed by atoms with E-state index >= 15 is 0 Å². The molecule has 2 fully saturated rings. The van der Waals surface area contributed by atoms with Crippen LogP contribution in [0.5, 0.6) is 5.75 Å². The van der Waals surface area contributed by atoms with E-state index in [-0.39, 0.29) is 17.9 Å². The predicted octanol–water partition coefficient (Wildman–Crippen LogP) is 3.60. The SMILES string of the molecule is CC[C@@H]1CCCN(C(=O)[C@H]2CCCN2C(=O)c2cc(Cl)ccc2OC)C1. The number of likely N-dealkylation sites (tertiary alicyclic amines) is 2. The van der Waals surface area contributed by atoms with E-state index in [9.17, 15) is 9.59 Å². The molecule has 0 radical (unpaired) electrons. The second-order valence-corrected chi connectivity index (χ2v) is 7.64. The van der Waals surface area contributed by atoms with Gasteiger partial charge in [-0.2, -0.15) is 0 Å². The van der Waals surface area contributed by atoms with E-state index in [2.05, 4.69) is 6.92 Å². The van der Waals surface area contributed by atoms with Crippen LogP contribution >= 0.6 is 11.6 Å². The molecule has 142 valence electrons. The first-order valence-corrected chi connectivity index (χ1v) is 9.86. The molecule has 3 rings (SSSR count). The zero-order valence-corrected chi connectivity index (χ0v) is 16.3. The van der Waals surface area contributed by atoms with Crippen molar-refractivity contribution in [1.29, 1.82) is 0 Å². The molecular formula is C20H27ClN2O3. The Bertz CT molecular complexity index is 679. The Morgan fingerprint density at radius 3 is 2.73 bits per heavy atom. The van der Waals surface area contributed by atoms with Crippen molar-refractivity contribution >= 4 is 23.4 Å². The molecule has 2 aliphatic heterocycles. The maximum Gasteiger partial charge on any atom is 0.258 e. The average Bonchev–Trinajstić information content (AvgIpc) is 3.16. The van der Waals surface area contributed by atoms with E-state index in [4.69, 9.17) is 16.3 Å². The molecule has 2 saturated heterocycles.